The van der Waals surface area contributed by atoms with E-state index in [0.29, 0.717) is 22.7 Å². The number of hydrogen-bond acceptors (Lipinski definition) is 6. The highest BCUT2D eigenvalue weighted by atomic mass is 16.7. The van der Waals surface area contributed by atoms with Gasteiger partial charge in [-0.25, -0.2) is 4.99 Å². The fourth-order valence-electron chi connectivity index (χ4n) is 2.45. The Morgan fingerprint density at radius 3 is 2.65 bits per heavy atom. The lowest BCUT2D eigenvalue weighted by atomic mass is 9.99. The molecule has 1 heterocycles. The SMILES string of the molecule is COc1ccccc1N=C1c2ccccc2O[C@H](O)[C@H]1[N+](=O)[O-]. The molecule has 0 amide bonds. The van der Waals surface area contributed by atoms with Gasteiger partial charge in [-0.2, -0.15) is 0 Å². The van der Waals surface area contributed by atoms with Gasteiger partial charge >= 0.3 is 6.04 Å². The maximum absolute atomic E-state index is 11.4. The van der Waals surface area contributed by atoms with Gasteiger partial charge in [0.25, 0.3) is 6.29 Å². The number of aliphatic hydroxyl groups is 1. The van der Waals surface area contributed by atoms with E-state index in [1.807, 2.05) is 0 Å². The van der Waals surface area contributed by atoms with Gasteiger partial charge in [-0.15, -0.1) is 0 Å². The highest BCUT2D eigenvalue weighted by Gasteiger charge is 2.43. The fourth-order valence-corrected chi connectivity index (χ4v) is 2.45. The van der Waals surface area contributed by atoms with E-state index in [9.17, 15) is 15.2 Å². The second kappa shape index (κ2) is 6.05. The quantitative estimate of drug-likeness (QED) is 0.692. The molecule has 0 saturated heterocycles. The number of para-hydroxylation sites is 3. The molecule has 0 radical (unpaired) electrons. The van der Waals surface area contributed by atoms with Crippen molar-refractivity contribution in [2.45, 2.75) is 12.3 Å². The summed E-state index contributed by atoms with van der Waals surface area (Å²) in [7, 11) is 1.50. The summed E-state index contributed by atoms with van der Waals surface area (Å²) in [5.41, 5.74) is 1.06. The van der Waals surface area contributed by atoms with Gasteiger partial charge in [0.15, 0.2) is 0 Å². The number of aliphatic hydroxyl groups excluding tert-OH is 1. The summed E-state index contributed by atoms with van der Waals surface area (Å²) in [6.07, 6.45) is -1.60. The van der Waals surface area contributed by atoms with Crippen molar-refractivity contribution in [2.24, 2.45) is 4.99 Å². The Labute approximate surface area is 132 Å². The maximum Gasteiger partial charge on any atom is 0.316 e. The average molecular weight is 314 g/mol. The van der Waals surface area contributed by atoms with E-state index in [1.54, 1.807) is 48.5 Å². The Morgan fingerprint density at radius 1 is 1.22 bits per heavy atom. The number of aliphatic imine (C=N–C) groups is 1. The molecular formula is C16H14N2O5. The number of nitrogens with zero attached hydrogens (tertiary/aromatic N) is 2. The van der Waals surface area contributed by atoms with Gasteiger partial charge < -0.3 is 14.6 Å². The van der Waals surface area contributed by atoms with E-state index in [-0.39, 0.29) is 5.71 Å². The summed E-state index contributed by atoms with van der Waals surface area (Å²) < 4.78 is 10.5. The predicted molar refractivity (Wildman–Crippen MR) is 83.1 cm³/mol. The molecule has 3 rings (SSSR count). The number of fused-ring (bicyclic) bond motifs is 1. The lowest BCUT2D eigenvalue weighted by molar-refractivity contribution is -0.524. The van der Waals surface area contributed by atoms with Gasteiger partial charge in [0.05, 0.1) is 7.11 Å². The number of rotatable bonds is 3. The van der Waals surface area contributed by atoms with Crippen molar-refractivity contribution in [3.05, 3.63) is 64.2 Å². The maximum atomic E-state index is 11.4. The van der Waals surface area contributed by atoms with E-state index in [2.05, 4.69) is 4.99 Å². The Kier molecular flexibility index (Phi) is 3.94. The molecule has 1 aliphatic heterocycles. The smallest absolute Gasteiger partial charge is 0.316 e. The van der Waals surface area contributed by atoms with Crippen LogP contribution >= 0.6 is 0 Å². The number of ether oxygens (including phenoxy) is 2. The van der Waals surface area contributed by atoms with Crippen molar-refractivity contribution < 1.29 is 19.5 Å². The van der Waals surface area contributed by atoms with Crippen molar-refractivity contribution in [3.63, 3.8) is 0 Å². The number of nitro groups is 1. The molecule has 0 aromatic heterocycles. The molecule has 1 N–H and O–H groups in total. The van der Waals surface area contributed by atoms with Crippen molar-refractivity contribution in [3.8, 4) is 11.5 Å². The molecule has 2 aromatic carbocycles. The normalized spacial score (nSPS) is 21.4. The first-order valence-electron chi connectivity index (χ1n) is 6.91. The summed E-state index contributed by atoms with van der Waals surface area (Å²) in [6, 6.07) is 12.2. The van der Waals surface area contributed by atoms with Gasteiger partial charge in [0.1, 0.15) is 22.9 Å². The van der Waals surface area contributed by atoms with E-state index < -0.39 is 17.3 Å². The predicted octanol–water partition coefficient (Wildman–Crippen LogP) is 2.17. The van der Waals surface area contributed by atoms with Gasteiger partial charge in [-0.1, -0.05) is 24.3 Å². The summed E-state index contributed by atoms with van der Waals surface area (Å²) in [5, 5.41) is 21.4. The van der Waals surface area contributed by atoms with Gasteiger partial charge in [0.2, 0.25) is 0 Å². The molecule has 2 aromatic rings. The topological polar surface area (TPSA) is 94.2 Å². The Bertz CT molecular complexity index is 775. The second-order valence-electron chi connectivity index (χ2n) is 4.90. The fraction of sp³-hybridized carbons (Fsp3) is 0.188. The summed E-state index contributed by atoms with van der Waals surface area (Å²) in [4.78, 5) is 15.2. The minimum absolute atomic E-state index is 0.133. The Hall–Kier alpha value is -2.93. The zero-order valence-corrected chi connectivity index (χ0v) is 12.2. The molecule has 23 heavy (non-hydrogen) atoms. The van der Waals surface area contributed by atoms with Crippen LogP contribution in [0.25, 0.3) is 0 Å². The van der Waals surface area contributed by atoms with Crippen molar-refractivity contribution >= 4 is 11.4 Å². The van der Waals surface area contributed by atoms with E-state index in [1.165, 1.54) is 7.11 Å². The Morgan fingerprint density at radius 2 is 1.91 bits per heavy atom. The molecule has 0 fully saturated rings. The van der Waals surface area contributed by atoms with E-state index in [4.69, 9.17) is 9.47 Å². The minimum Gasteiger partial charge on any atom is -0.494 e. The highest BCUT2D eigenvalue weighted by molar-refractivity contribution is 6.08. The molecule has 7 heteroatoms. The first kappa shape index (κ1) is 15.0. The largest absolute Gasteiger partial charge is 0.494 e. The molecule has 0 aliphatic carbocycles. The summed E-state index contributed by atoms with van der Waals surface area (Å²) in [5.74, 6) is 0.840. The monoisotopic (exact) mass is 314 g/mol. The first-order chi connectivity index (χ1) is 11.1. The van der Waals surface area contributed by atoms with Crippen LogP contribution in [-0.2, 0) is 0 Å². The van der Waals surface area contributed by atoms with Crippen LogP contribution in [0.15, 0.2) is 53.5 Å². The number of hydrogen-bond donors (Lipinski definition) is 1. The second-order valence-corrected chi connectivity index (χ2v) is 4.90. The van der Waals surface area contributed by atoms with Crippen molar-refractivity contribution in [2.75, 3.05) is 7.11 Å². The third kappa shape index (κ3) is 2.74. The summed E-state index contributed by atoms with van der Waals surface area (Å²) in [6.45, 7) is 0. The number of benzene rings is 2. The zero-order chi connectivity index (χ0) is 16.4. The summed E-state index contributed by atoms with van der Waals surface area (Å²) >= 11 is 0. The molecule has 0 saturated carbocycles. The van der Waals surface area contributed by atoms with Gasteiger partial charge in [0, 0.05) is 10.5 Å². The first-order valence-corrected chi connectivity index (χ1v) is 6.91. The molecule has 0 unspecified atom stereocenters. The van der Waals surface area contributed by atoms with Gasteiger partial charge in [-0.3, -0.25) is 10.1 Å². The van der Waals surface area contributed by atoms with Crippen molar-refractivity contribution in [1.82, 2.24) is 0 Å². The molecule has 7 nitrogen and oxygen atoms in total. The third-order valence-corrected chi connectivity index (χ3v) is 3.51. The number of methoxy groups -OCH3 is 1. The standard InChI is InChI=1S/C16H14N2O5/c1-22-13-9-5-3-7-11(13)17-14-10-6-2-4-8-12(10)23-16(19)15(14)18(20)21/h2-9,15-16,19H,1H3/t15-,16-/m0/s1. The van der Waals surface area contributed by atoms with Crippen LogP contribution in [0.2, 0.25) is 0 Å². The molecule has 118 valence electrons. The van der Waals surface area contributed by atoms with Crippen LogP contribution in [-0.4, -0.2) is 35.2 Å². The van der Waals surface area contributed by atoms with E-state index in [0.717, 1.165) is 0 Å². The van der Waals surface area contributed by atoms with Crippen LogP contribution < -0.4 is 9.47 Å². The minimum atomic E-state index is -1.60. The van der Waals surface area contributed by atoms with Crippen LogP contribution in [0.1, 0.15) is 5.56 Å². The van der Waals surface area contributed by atoms with Crippen LogP contribution in [0.4, 0.5) is 5.69 Å². The highest BCUT2D eigenvalue weighted by Crippen LogP contribution is 2.33. The molecule has 0 bridgehead atoms. The average Bonchev–Trinajstić information content (AvgIpc) is 2.54. The van der Waals surface area contributed by atoms with Crippen LogP contribution in [0, 0.1) is 10.1 Å². The molecule has 0 spiro atoms. The molecule has 1 aliphatic rings. The molecular weight excluding hydrogens is 300 g/mol. The lowest BCUT2D eigenvalue weighted by Crippen LogP contribution is -2.47. The Balaban J connectivity index is 2.20. The zero-order valence-electron chi connectivity index (χ0n) is 12.2. The molecule has 2 atom stereocenters. The third-order valence-electron chi connectivity index (χ3n) is 3.51. The van der Waals surface area contributed by atoms with Gasteiger partial charge in [-0.05, 0) is 24.3 Å². The van der Waals surface area contributed by atoms with Crippen LogP contribution in [0.3, 0.4) is 0 Å². The van der Waals surface area contributed by atoms with Crippen LogP contribution in [0.5, 0.6) is 11.5 Å². The van der Waals surface area contributed by atoms with Crippen molar-refractivity contribution in [1.29, 1.82) is 0 Å². The lowest BCUT2D eigenvalue weighted by Gasteiger charge is -2.26. The van der Waals surface area contributed by atoms with E-state index >= 15 is 0 Å².